The highest BCUT2D eigenvalue weighted by molar-refractivity contribution is 7.13. The molecule has 13 nitrogen and oxygen atoms in total. The number of ether oxygens (including phenoxy) is 3. The standard InChI is InChI=1S/C39H45FN6O7S/c1-41-11-18-52-20-22-53-21-19-51-17-10-35(48)45-15-13-44(14-16-45)31-7-4-27(5-8-31)28-2-3-29-26-46(38(50)32(29)24-28)36(33-25-30(40)6-9-34(33)47)37(49)43-39-42-12-23-54-39/h2-9,12,23-25,36,41,47H,10-11,13-22,26H2,1H3,(H,42,43,49). The molecule has 1 atom stereocenters. The number of fused-ring (bicyclic) bond motifs is 1. The maximum atomic E-state index is 14.4. The molecule has 2 aliphatic heterocycles. The molecule has 1 fully saturated rings. The normalized spacial score (nSPS) is 14.7. The first-order chi connectivity index (χ1) is 26.3. The highest BCUT2D eigenvalue weighted by Crippen LogP contribution is 2.38. The molecule has 0 spiro atoms. The summed E-state index contributed by atoms with van der Waals surface area (Å²) in [5.41, 5.74) is 3.90. The molecule has 6 rings (SSSR count). The summed E-state index contributed by atoms with van der Waals surface area (Å²) in [4.78, 5) is 49.8. The van der Waals surface area contributed by atoms with Gasteiger partial charge in [-0.25, -0.2) is 9.37 Å². The third kappa shape index (κ3) is 9.78. The van der Waals surface area contributed by atoms with Gasteiger partial charge in [0.2, 0.25) is 5.91 Å². The number of nitrogens with zero attached hydrogens (tertiary/aromatic N) is 4. The lowest BCUT2D eigenvalue weighted by Gasteiger charge is -2.36. The number of likely N-dealkylation sites (N-methyl/N-ethyl adjacent to an activating group) is 1. The average Bonchev–Trinajstić information content (AvgIpc) is 3.82. The van der Waals surface area contributed by atoms with Crippen LogP contribution < -0.4 is 15.5 Å². The average molecular weight is 761 g/mol. The van der Waals surface area contributed by atoms with Gasteiger partial charge in [-0.2, -0.15) is 0 Å². The number of phenols is 1. The molecule has 3 heterocycles. The topological polar surface area (TPSA) is 146 Å². The number of phenolic OH excluding ortho intramolecular Hbond substituents is 1. The van der Waals surface area contributed by atoms with Crippen LogP contribution in [0.1, 0.15) is 33.9 Å². The van der Waals surface area contributed by atoms with E-state index in [1.165, 1.54) is 28.5 Å². The predicted molar refractivity (Wildman–Crippen MR) is 203 cm³/mol. The number of hydrogen-bond acceptors (Lipinski definition) is 11. The van der Waals surface area contributed by atoms with Crippen molar-refractivity contribution in [3.8, 4) is 16.9 Å². The SMILES string of the molecule is CNCCOCCOCCOCCC(=O)N1CCN(c2ccc(-c3ccc4c(c3)C(=O)N(C(C(=O)Nc3nccs3)c3cc(F)ccc3O)C4)cc2)CC1. The Kier molecular flexibility index (Phi) is 13.6. The van der Waals surface area contributed by atoms with Gasteiger partial charge in [-0.05, 0) is 60.1 Å². The lowest BCUT2D eigenvalue weighted by atomic mass is 10.00. The number of benzene rings is 3. The number of aromatic nitrogens is 1. The zero-order valence-electron chi connectivity index (χ0n) is 30.2. The summed E-state index contributed by atoms with van der Waals surface area (Å²) in [5, 5.41) is 18.4. The molecule has 1 saturated heterocycles. The van der Waals surface area contributed by atoms with Gasteiger partial charge in [-0.15, -0.1) is 11.3 Å². The first-order valence-electron chi connectivity index (χ1n) is 18.0. The summed E-state index contributed by atoms with van der Waals surface area (Å²) in [6, 6.07) is 15.7. The highest BCUT2D eigenvalue weighted by Gasteiger charge is 2.39. The second kappa shape index (κ2) is 18.9. The number of aromatic hydroxyl groups is 1. The van der Waals surface area contributed by atoms with E-state index in [1.54, 1.807) is 11.4 Å². The summed E-state index contributed by atoms with van der Waals surface area (Å²) < 4.78 is 30.8. The Morgan fingerprint density at radius 1 is 0.907 bits per heavy atom. The molecule has 54 heavy (non-hydrogen) atoms. The molecular weight excluding hydrogens is 716 g/mol. The van der Waals surface area contributed by atoms with Gasteiger partial charge in [-0.1, -0.05) is 24.3 Å². The van der Waals surface area contributed by atoms with Crippen molar-refractivity contribution in [2.24, 2.45) is 0 Å². The Labute approximate surface area is 317 Å². The van der Waals surface area contributed by atoms with Crippen LogP contribution >= 0.6 is 11.3 Å². The lowest BCUT2D eigenvalue weighted by Crippen LogP contribution is -2.49. The monoisotopic (exact) mass is 760 g/mol. The van der Waals surface area contributed by atoms with Crippen LogP contribution in [0.4, 0.5) is 15.2 Å². The number of piperazine rings is 1. The minimum Gasteiger partial charge on any atom is -0.508 e. The maximum absolute atomic E-state index is 14.4. The summed E-state index contributed by atoms with van der Waals surface area (Å²) in [6.45, 7) is 6.52. The molecule has 15 heteroatoms. The van der Waals surface area contributed by atoms with Crippen LogP contribution in [0.15, 0.2) is 72.2 Å². The van der Waals surface area contributed by atoms with Crippen molar-refractivity contribution >= 4 is 39.9 Å². The van der Waals surface area contributed by atoms with Crippen molar-refractivity contribution in [1.29, 1.82) is 0 Å². The van der Waals surface area contributed by atoms with E-state index in [2.05, 4.69) is 20.5 Å². The smallest absolute Gasteiger partial charge is 0.255 e. The molecule has 0 bridgehead atoms. The molecule has 2 aliphatic rings. The van der Waals surface area contributed by atoms with Crippen molar-refractivity contribution < 1.29 is 38.1 Å². The number of anilines is 2. The largest absolute Gasteiger partial charge is 0.508 e. The number of carbonyl (C=O) groups excluding carboxylic acids is 3. The van der Waals surface area contributed by atoms with Gasteiger partial charge in [0, 0.05) is 67.7 Å². The van der Waals surface area contributed by atoms with Crippen molar-refractivity contribution in [3.05, 3.63) is 94.7 Å². The van der Waals surface area contributed by atoms with Crippen LogP contribution in [-0.4, -0.2) is 117 Å². The number of amides is 3. The third-order valence-electron chi connectivity index (χ3n) is 9.35. The van der Waals surface area contributed by atoms with E-state index in [1.807, 2.05) is 48.3 Å². The number of hydrogen-bond donors (Lipinski definition) is 3. The Bertz CT molecular complexity index is 1870. The summed E-state index contributed by atoms with van der Waals surface area (Å²) in [6.07, 6.45) is 1.87. The van der Waals surface area contributed by atoms with Gasteiger partial charge in [0.25, 0.3) is 11.8 Å². The van der Waals surface area contributed by atoms with Gasteiger partial charge in [0.1, 0.15) is 17.6 Å². The quantitative estimate of drug-likeness (QED) is 0.126. The van der Waals surface area contributed by atoms with Crippen molar-refractivity contribution in [2.45, 2.75) is 19.0 Å². The van der Waals surface area contributed by atoms with Crippen molar-refractivity contribution in [2.75, 3.05) is 89.6 Å². The van der Waals surface area contributed by atoms with Gasteiger partial charge in [0.15, 0.2) is 5.13 Å². The Morgan fingerprint density at radius 3 is 2.31 bits per heavy atom. The summed E-state index contributed by atoms with van der Waals surface area (Å²) in [5.74, 6) is -1.88. The van der Waals surface area contributed by atoms with Gasteiger partial charge in [0.05, 0.1) is 46.1 Å². The molecule has 0 radical (unpaired) electrons. The Morgan fingerprint density at radius 2 is 1.61 bits per heavy atom. The van der Waals surface area contributed by atoms with Crippen LogP contribution in [0.2, 0.25) is 0 Å². The zero-order chi connectivity index (χ0) is 37.9. The van der Waals surface area contributed by atoms with E-state index in [-0.39, 0.29) is 23.8 Å². The van der Waals surface area contributed by atoms with E-state index in [0.29, 0.717) is 88.5 Å². The molecular formula is C39H45FN6O7S. The zero-order valence-corrected chi connectivity index (χ0v) is 31.0. The molecule has 0 aliphatic carbocycles. The van der Waals surface area contributed by atoms with E-state index in [9.17, 15) is 23.9 Å². The fourth-order valence-corrected chi connectivity index (χ4v) is 7.01. The predicted octanol–water partition coefficient (Wildman–Crippen LogP) is 4.30. The van der Waals surface area contributed by atoms with Crippen LogP contribution in [0.5, 0.6) is 5.75 Å². The lowest BCUT2D eigenvalue weighted by molar-refractivity contribution is -0.132. The van der Waals surface area contributed by atoms with Crippen LogP contribution in [-0.2, 0) is 30.3 Å². The maximum Gasteiger partial charge on any atom is 0.255 e. The molecule has 3 amide bonds. The van der Waals surface area contributed by atoms with E-state index < -0.39 is 23.7 Å². The fourth-order valence-electron chi connectivity index (χ4n) is 6.48. The van der Waals surface area contributed by atoms with Crippen LogP contribution in [0.3, 0.4) is 0 Å². The number of halogens is 1. The van der Waals surface area contributed by atoms with Gasteiger partial charge < -0.3 is 39.3 Å². The van der Waals surface area contributed by atoms with E-state index >= 15 is 0 Å². The molecule has 0 saturated carbocycles. The first kappa shape index (κ1) is 38.8. The second-order valence-electron chi connectivity index (χ2n) is 12.8. The summed E-state index contributed by atoms with van der Waals surface area (Å²) >= 11 is 1.21. The number of rotatable bonds is 18. The fraction of sp³-hybridized carbons (Fsp3) is 0.385. The Balaban J connectivity index is 1.01. The minimum atomic E-state index is -1.30. The number of thiazole rings is 1. The van der Waals surface area contributed by atoms with Gasteiger partial charge in [-0.3, -0.25) is 19.7 Å². The molecule has 3 N–H and O–H groups in total. The van der Waals surface area contributed by atoms with Gasteiger partial charge >= 0.3 is 0 Å². The molecule has 1 unspecified atom stereocenters. The Hall–Kier alpha value is -4.93. The van der Waals surface area contributed by atoms with E-state index in [0.717, 1.165) is 35.5 Å². The van der Waals surface area contributed by atoms with Crippen LogP contribution in [0.25, 0.3) is 11.1 Å². The summed E-state index contributed by atoms with van der Waals surface area (Å²) in [7, 11) is 1.88. The van der Waals surface area contributed by atoms with E-state index in [4.69, 9.17) is 14.2 Å². The highest BCUT2D eigenvalue weighted by atomic mass is 32.1. The second-order valence-corrected chi connectivity index (χ2v) is 13.7. The van der Waals surface area contributed by atoms with Crippen molar-refractivity contribution in [3.63, 3.8) is 0 Å². The minimum absolute atomic E-state index is 0.0183. The number of nitrogens with one attached hydrogen (secondary N) is 2. The van der Waals surface area contributed by atoms with Crippen molar-refractivity contribution in [1.82, 2.24) is 20.1 Å². The van der Waals surface area contributed by atoms with Crippen LogP contribution in [0, 0.1) is 5.82 Å². The molecule has 1 aromatic heterocycles. The number of carbonyl (C=O) groups is 3. The molecule has 4 aromatic rings. The molecule has 286 valence electrons. The first-order valence-corrected chi connectivity index (χ1v) is 18.8. The third-order valence-corrected chi connectivity index (χ3v) is 10.0. The molecule has 3 aromatic carbocycles.